The highest BCUT2D eigenvalue weighted by atomic mass is 35.5. The van der Waals surface area contributed by atoms with Crippen LogP contribution in [0.15, 0.2) is 36.5 Å². The van der Waals surface area contributed by atoms with Crippen molar-refractivity contribution in [2.24, 2.45) is 0 Å². The number of carbonyl (C=O) groups is 1. The number of aromatic carboxylic acids is 1. The Bertz CT molecular complexity index is 599. The number of halogens is 1. The first-order chi connectivity index (χ1) is 8.63. The molecule has 2 aromatic rings. The van der Waals surface area contributed by atoms with Crippen molar-refractivity contribution in [1.82, 2.24) is 4.98 Å². The Labute approximate surface area is 109 Å². The molecule has 0 saturated carbocycles. The summed E-state index contributed by atoms with van der Waals surface area (Å²) >= 11 is 5.81. The molecule has 0 saturated heterocycles. The van der Waals surface area contributed by atoms with Crippen LogP contribution in [0.5, 0.6) is 5.75 Å². The first-order valence-electron chi connectivity index (χ1n) is 5.15. The third kappa shape index (κ3) is 2.28. The van der Waals surface area contributed by atoms with Crippen LogP contribution in [-0.2, 0) is 0 Å². The summed E-state index contributed by atoms with van der Waals surface area (Å²) < 4.78 is 5.18. The normalized spacial score (nSPS) is 10.1. The topological polar surface area (TPSA) is 59.4 Å². The molecule has 1 N–H and O–H groups in total. The molecular weight excluding hydrogens is 254 g/mol. The fraction of sp³-hybridized carbons (Fsp3) is 0.0769. The Kier molecular flexibility index (Phi) is 3.48. The highest BCUT2D eigenvalue weighted by Gasteiger charge is 2.16. The van der Waals surface area contributed by atoms with E-state index in [1.54, 1.807) is 30.5 Å². The van der Waals surface area contributed by atoms with Crippen molar-refractivity contribution in [3.05, 3.63) is 47.1 Å². The molecule has 0 spiro atoms. The summed E-state index contributed by atoms with van der Waals surface area (Å²) in [5, 5.41) is 9.55. The second-order valence-corrected chi connectivity index (χ2v) is 3.99. The van der Waals surface area contributed by atoms with E-state index in [-0.39, 0.29) is 5.56 Å². The SMILES string of the molecule is COc1cccnc1-c1ccc(Cl)cc1C(=O)O. The molecule has 92 valence electrons. The molecule has 1 heterocycles. The van der Waals surface area contributed by atoms with Gasteiger partial charge in [-0.1, -0.05) is 17.7 Å². The number of benzene rings is 1. The number of methoxy groups -OCH3 is 1. The summed E-state index contributed by atoms with van der Waals surface area (Å²) in [5.41, 5.74) is 1.05. The number of rotatable bonds is 3. The van der Waals surface area contributed by atoms with E-state index in [0.717, 1.165) is 0 Å². The van der Waals surface area contributed by atoms with Crippen molar-refractivity contribution in [3.63, 3.8) is 0 Å². The van der Waals surface area contributed by atoms with Crippen molar-refractivity contribution in [2.75, 3.05) is 7.11 Å². The van der Waals surface area contributed by atoms with Gasteiger partial charge in [0.1, 0.15) is 11.4 Å². The van der Waals surface area contributed by atoms with Gasteiger partial charge in [-0.15, -0.1) is 0 Å². The Morgan fingerprint density at radius 1 is 1.39 bits per heavy atom. The van der Waals surface area contributed by atoms with Gasteiger partial charge in [0.2, 0.25) is 0 Å². The van der Waals surface area contributed by atoms with Crippen molar-refractivity contribution in [1.29, 1.82) is 0 Å². The van der Waals surface area contributed by atoms with Gasteiger partial charge in [-0.2, -0.15) is 0 Å². The minimum Gasteiger partial charge on any atom is -0.494 e. The molecular formula is C13H10ClNO3. The fourth-order valence-electron chi connectivity index (χ4n) is 1.66. The zero-order valence-corrected chi connectivity index (χ0v) is 10.3. The average molecular weight is 264 g/mol. The Morgan fingerprint density at radius 3 is 2.83 bits per heavy atom. The number of carboxylic acids is 1. The summed E-state index contributed by atoms with van der Waals surface area (Å²) in [6, 6.07) is 8.09. The van der Waals surface area contributed by atoms with Crippen LogP contribution in [0, 0.1) is 0 Å². The van der Waals surface area contributed by atoms with Crippen LogP contribution in [0.3, 0.4) is 0 Å². The zero-order chi connectivity index (χ0) is 13.1. The van der Waals surface area contributed by atoms with E-state index in [1.165, 1.54) is 13.2 Å². The first-order valence-corrected chi connectivity index (χ1v) is 5.53. The summed E-state index contributed by atoms with van der Waals surface area (Å²) in [6.07, 6.45) is 1.58. The predicted molar refractivity (Wildman–Crippen MR) is 68.2 cm³/mol. The summed E-state index contributed by atoms with van der Waals surface area (Å²) in [7, 11) is 1.51. The van der Waals surface area contributed by atoms with Crippen molar-refractivity contribution < 1.29 is 14.6 Å². The molecule has 2 rings (SSSR count). The van der Waals surface area contributed by atoms with Crippen LogP contribution in [0.4, 0.5) is 0 Å². The molecule has 5 heteroatoms. The van der Waals surface area contributed by atoms with E-state index >= 15 is 0 Å². The molecule has 0 atom stereocenters. The van der Waals surface area contributed by atoms with E-state index in [1.807, 2.05) is 0 Å². The Hall–Kier alpha value is -2.07. The van der Waals surface area contributed by atoms with Gasteiger partial charge in [0.25, 0.3) is 0 Å². The zero-order valence-electron chi connectivity index (χ0n) is 9.55. The predicted octanol–water partition coefficient (Wildman–Crippen LogP) is 3.11. The van der Waals surface area contributed by atoms with Gasteiger partial charge in [0.05, 0.1) is 12.7 Å². The van der Waals surface area contributed by atoms with Crippen LogP contribution in [0.2, 0.25) is 5.02 Å². The Morgan fingerprint density at radius 2 is 2.17 bits per heavy atom. The molecule has 18 heavy (non-hydrogen) atoms. The lowest BCUT2D eigenvalue weighted by atomic mass is 10.0. The molecule has 1 aromatic heterocycles. The largest absolute Gasteiger partial charge is 0.494 e. The van der Waals surface area contributed by atoms with E-state index in [2.05, 4.69) is 4.98 Å². The lowest BCUT2D eigenvalue weighted by Gasteiger charge is -2.09. The van der Waals surface area contributed by atoms with E-state index < -0.39 is 5.97 Å². The molecule has 0 unspecified atom stereocenters. The lowest BCUT2D eigenvalue weighted by molar-refractivity contribution is 0.0697. The number of ether oxygens (including phenoxy) is 1. The van der Waals surface area contributed by atoms with E-state index in [9.17, 15) is 9.90 Å². The number of nitrogens with zero attached hydrogens (tertiary/aromatic N) is 1. The molecule has 0 aliphatic rings. The quantitative estimate of drug-likeness (QED) is 0.924. The summed E-state index contributed by atoms with van der Waals surface area (Å²) in [6.45, 7) is 0. The monoisotopic (exact) mass is 263 g/mol. The smallest absolute Gasteiger partial charge is 0.336 e. The van der Waals surface area contributed by atoms with Gasteiger partial charge in [0.15, 0.2) is 0 Å². The molecule has 0 aliphatic carbocycles. The van der Waals surface area contributed by atoms with Crippen LogP contribution in [-0.4, -0.2) is 23.2 Å². The molecule has 4 nitrogen and oxygen atoms in total. The van der Waals surface area contributed by atoms with Crippen LogP contribution in [0.25, 0.3) is 11.3 Å². The molecule has 1 aromatic carbocycles. The molecule has 0 fully saturated rings. The molecule has 0 bridgehead atoms. The fourth-order valence-corrected chi connectivity index (χ4v) is 1.83. The highest BCUT2D eigenvalue weighted by Crippen LogP contribution is 2.31. The second-order valence-electron chi connectivity index (χ2n) is 3.55. The minimum absolute atomic E-state index is 0.0968. The van der Waals surface area contributed by atoms with Crippen LogP contribution in [0.1, 0.15) is 10.4 Å². The molecule has 0 radical (unpaired) electrons. The number of hydrogen-bond acceptors (Lipinski definition) is 3. The Balaban J connectivity index is 2.67. The van der Waals surface area contributed by atoms with Gasteiger partial charge in [0, 0.05) is 16.8 Å². The number of aromatic nitrogens is 1. The van der Waals surface area contributed by atoms with Crippen molar-refractivity contribution in [3.8, 4) is 17.0 Å². The number of carboxylic acid groups (broad SMARTS) is 1. The standard InChI is InChI=1S/C13H10ClNO3/c1-18-11-3-2-6-15-12(11)9-5-4-8(14)7-10(9)13(16)17/h2-7H,1H3,(H,16,17). The second kappa shape index (κ2) is 5.06. The van der Waals surface area contributed by atoms with Crippen LogP contribution >= 0.6 is 11.6 Å². The number of pyridine rings is 1. The van der Waals surface area contributed by atoms with Gasteiger partial charge >= 0.3 is 5.97 Å². The highest BCUT2D eigenvalue weighted by molar-refractivity contribution is 6.31. The molecule has 0 aliphatic heterocycles. The summed E-state index contributed by atoms with van der Waals surface area (Å²) in [4.78, 5) is 15.4. The van der Waals surface area contributed by atoms with Gasteiger partial charge in [-0.3, -0.25) is 4.98 Å². The van der Waals surface area contributed by atoms with Crippen molar-refractivity contribution in [2.45, 2.75) is 0 Å². The maximum Gasteiger partial charge on any atom is 0.336 e. The van der Waals surface area contributed by atoms with Crippen LogP contribution < -0.4 is 4.74 Å². The van der Waals surface area contributed by atoms with Gasteiger partial charge in [-0.05, 0) is 24.3 Å². The maximum atomic E-state index is 11.2. The van der Waals surface area contributed by atoms with E-state index in [0.29, 0.717) is 22.0 Å². The minimum atomic E-state index is -1.06. The third-order valence-electron chi connectivity index (χ3n) is 2.46. The first kappa shape index (κ1) is 12.4. The van der Waals surface area contributed by atoms with Gasteiger partial charge in [-0.25, -0.2) is 4.79 Å². The lowest BCUT2D eigenvalue weighted by Crippen LogP contribution is -2.01. The van der Waals surface area contributed by atoms with E-state index in [4.69, 9.17) is 16.3 Å². The maximum absolute atomic E-state index is 11.2. The third-order valence-corrected chi connectivity index (χ3v) is 2.69. The average Bonchev–Trinajstić information content (AvgIpc) is 2.38. The molecule has 0 amide bonds. The van der Waals surface area contributed by atoms with Crippen molar-refractivity contribution >= 4 is 17.6 Å². The number of hydrogen-bond donors (Lipinski definition) is 1. The van der Waals surface area contributed by atoms with Gasteiger partial charge < -0.3 is 9.84 Å². The summed E-state index contributed by atoms with van der Waals surface area (Å²) in [5.74, 6) is -0.539.